The minimum Gasteiger partial charge on any atom is -0.314 e. The van der Waals surface area contributed by atoms with E-state index < -0.39 is 6.29 Å². The van der Waals surface area contributed by atoms with E-state index in [1.807, 2.05) is 35.2 Å². The fourth-order valence-corrected chi connectivity index (χ4v) is 3.89. The second kappa shape index (κ2) is 7.18. The zero-order valence-corrected chi connectivity index (χ0v) is 15.0. The van der Waals surface area contributed by atoms with Crippen LogP contribution in [-0.4, -0.2) is 38.9 Å². The van der Waals surface area contributed by atoms with Gasteiger partial charge >= 0.3 is 0 Å². The molecule has 0 spiro atoms. The van der Waals surface area contributed by atoms with Crippen LogP contribution in [0.4, 0.5) is 5.13 Å². The highest BCUT2D eigenvalue weighted by Crippen LogP contribution is 2.29. The molecule has 0 aliphatic carbocycles. The van der Waals surface area contributed by atoms with E-state index in [0.29, 0.717) is 10.3 Å². The van der Waals surface area contributed by atoms with Crippen LogP contribution in [-0.2, 0) is 9.59 Å². The predicted octanol–water partition coefficient (Wildman–Crippen LogP) is 1.45. The number of amidine groups is 1. The molecule has 0 fully saturated rings. The Kier molecular flexibility index (Phi) is 4.59. The summed E-state index contributed by atoms with van der Waals surface area (Å²) >= 11 is 2.65. The van der Waals surface area contributed by atoms with Gasteiger partial charge in [-0.3, -0.25) is 19.9 Å². The molecule has 3 heterocycles. The van der Waals surface area contributed by atoms with E-state index in [9.17, 15) is 9.59 Å². The Bertz CT molecular complexity index is 881. The molecule has 2 aliphatic rings. The van der Waals surface area contributed by atoms with Gasteiger partial charge in [0.25, 0.3) is 0 Å². The molecule has 2 aromatic rings. The molecular weight excluding hydrogens is 372 g/mol. The monoisotopic (exact) mass is 386 g/mol. The molecule has 8 nitrogen and oxygen atoms in total. The van der Waals surface area contributed by atoms with Crippen molar-refractivity contribution in [2.75, 3.05) is 11.1 Å². The average molecular weight is 386 g/mol. The van der Waals surface area contributed by atoms with E-state index in [2.05, 4.69) is 26.1 Å². The van der Waals surface area contributed by atoms with Crippen LogP contribution in [0.15, 0.2) is 53.1 Å². The van der Waals surface area contributed by atoms with Crippen LogP contribution < -0.4 is 16.1 Å². The minimum atomic E-state index is -0.466. The molecule has 4 rings (SSSR count). The molecule has 0 saturated heterocycles. The first-order chi connectivity index (χ1) is 12.7. The number of hydrogen-bond donors (Lipinski definition) is 3. The van der Waals surface area contributed by atoms with Crippen LogP contribution in [0.2, 0.25) is 0 Å². The molecule has 132 valence electrons. The van der Waals surface area contributed by atoms with Crippen LogP contribution in [0, 0.1) is 0 Å². The van der Waals surface area contributed by atoms with E-state index in [1.165, 1.54) is 29.2 Å². The molecule has 0 saturated carbocycles. The maximum atomic E-state index is 12.1. The zero-order valence-electron chi connectivity index (χ0n) is 13.4. The van der Waals surface area contributed by atoms with E-state index in [1.54, 1.807) is 11.6 Å². The van der Waals surface area contributed by atoms with Crippen molar-refractivity contribution in [3.63, 3.8) is 0 Å². The van der Waals surface area contributed by atoms with Gasteiger partial charge in [-0.25, -0.2) is 4.98 Å². The highest BCUT2D eigenvalue weighted by Gasteiger charge is 2.36. The van der Waals surface area contributed by atoms with Gasteiger partial charge in [0, 0.05) is 17.7 Å². The minimum absolute atomic E-state index is 0.164. The second-order valence-electron chi connectivity index (χ2n) is 5.37. The second-order valence-corrected chi connectivity index (χ2v) is 7.21. The number of carbonyl (C=O) groups is 2. The van der Waals surface area contributed by atoms with Crippen molar-refractivity contribution >= 4 is 50.9 Å². The fraction of sp³-hybridized carbons (Fsp3) is 0.125. The van der Waals surface area contributed by atoms with Crippen LogP contribution in [0.1, 0.15) is 5.56 Å². The number of thioether (sulfide) groups is 1. The van der Waals surface area contributed by atoms with Crippen LogP contribution in [0.3, 0.4) is 0 Å². The van der Waals surface area contributed by atoms with Crippen LogP contribution >= 0.6 is 23.1 Å². The van der Waals surface area contributed by atoms with Gasteiger partial charge in [0.05, 0.1) is 11.4 Å². The van der Waals surface area contributed by atoms with Gasteiger partial charge < -0.3 is 10.6 Å². The maximum Gasteiger partial charge on any atom is 0.249 e. The number of rotatable bonds is 4. The first-order valence-electron chi connectivity index (χ1n) is 7.73. The molecule has 2 amide bonds. The Balaban J connectivity index is 1.48. The molecule has 1 unspecified atom stereocenters. The number of aromatic nitrogens is 1. The molecule has 0 radical (unpaired) electrons. The third kappa shape index (κ3) is 3.41. The Labute approximate surface area is 157 Å². The Morgan fingerprint density at radius 1 is 1.35 bits per heavy atom. The van der Waals surface area contributed by atoms with E-state index >= 15 is 0 Å². The molecule has 1 aromatic heterocycles. The number of nitrogens with one attached hydrogen (secondary N) is 3. The predicted molar refractivity (Wildman–Crippen MR) is 102 cm³/mol. The Morgan fingerprint density at radius 3 is 2.96 bits per heavy atom. The van der Waals surface area contributed by atoms with Crippen LogP contribution in [0.25, 0.3) is 5.70 Å². The quantitative estimate of drug-likeness (QED) is 0.736. The molecule has 2 aliphatic heterocycles. The number of hydrazone groups is 1. The number of thiazole rings is 1. The topological polar surface area (TPSA) is 98.7 Å². The summed E-state index contributed by atoms with van der Waals surface area (Å²) in [7, 11) is 0. The van der Waals surface area contributed by atoms with Crippen molar-refractivity contribution < 1.29 is 9.59 Å². The molecule has 3 N–H and O–H groups in total. The summed E-state index contributed by atoms with van der Waals surface area (Å²) in [6.45, 7) is 0. The highest BCUT2D eigenvalue weighted by molar-refractivity contribution is 8.14. The Morgan fingerprint density at radius 2 is 2.19 bits per heavy atom. The number of fused-ring (bicyclic) bond motifs is 1. The lowest BCUT2D eigenvalue weighted by Crippen LogP contribution is -2.53. The third-order valence-electron chi connectivity index (χ3n) is 3.63. The maximum absolute atomic E-state index is 12.1. The summed E-state index contributed by atoms with van der Waals surface area (Å²) in [6, 6.07) is 9.59. The number of nitrogens with zero attached hydrogens (tertiary/aromatic N) is 3. The number of hydrogen-bond acceptors (Lipinski definition) is 8. The van der Waals surface area contributed by atoms with Crippen molar-refractivity contribution in [1.29, 1.82) is 0 Å². The van der Waals surface area contributed by atoms with Crippen molar-refractivity contribution in [2.45, 2.75) is 6.29 Å². The molecule has 0 bridgehead atoms. The lowest BCUT2D eigenvalue weighted by molar-refractivity contribution is -0.118. The van der Waals surface area contributed by atoms with E-state index in [-0.39, 0.29) is 17.6 Å². The smallest absolute Gasteiger partial charge is 0.249 e. The number of benzene rings is 1. The SMILES string of the molecule is O=C1C=C(c2ccccc2)N2C(SCC(=O)Nc3nccs3)=NNC2N1. The van der Waals surface area contributed by atoms with Gasteiger partial charge in [-0.05, 0) is 5.56 Å². The van der Waals surface area contributed by atoms with Gasteiger partial charge in [-0.1, -0.05) is 42.1 Å². The summed E-state index contributed by atoms with van der Waals surface area (Å²) in [5.41, 5.74) is 4.52. The first-order valence-corrected chi connectivity index (χ1v) is 9.59. The normalized spacial score (nSPS) is 18.4. The summed E-state index contributed by atoms with van der Waals surface area (Å²) in [4.78, 5) is 29.9. The number of anilines is 1. The van der Waals surface area contributed by atoms with Crippen molar-refractivity contribution in [1.82, 2.24) is 20.6 Å². The highest BCUT2D eigenvalue weighted by atomic mass is 32.2. The van der Waals surface area contributed by atoms with Gasteiger partial charge in [0.2, 0.25) is 11.8 Å². The summed E-state index contributed by atoms with van der Waals surface area (Å²) in [5, 5.41) is 12.8. The standard InChI is InChI=1S/C16H14N6O2S2/c23-12-8-11(10-4-2-1-3-5-10)22-14(18-12)20-21-16(22)26-9-13(24)19-15-17-6-7-25-15/h1-8,14,20H,9H2,(H,18,23)(H,17,19,24). The summed E-state index contributed by atoms with van der Waals surface area (Å²) in [6.07, 6.45) is 2.70. The molecule has 1 atom stereocenters. The number of carbonyl (C=O) groups excluding carboxylic acids is 2. The molecule has 26 heavy (non-hydrogen) atoms. The van der Waals surface area contributed by atoms with Gasteiger partial charge in [-0.15, -0.1) is 11.3 Å². The van der Waals surface area contributed by atoms with E-state index in [4.69, 9.17) is 0 Å². The lowest BCUT2D eigenvalue weighted by atomic mass is 10.1. The largest absolute Gasteiger partial charge is 0.314 e. The van der Waals surface area contributed by atoms with Gasteiger partial charge in [-0.2, -0.15) is 5.10 Å². The Hall–Kier alpha value is -2.85. The van der Waals surface area contributed by atoms with Gasteiger partial charge in [0.1, 0.15) is 0 Å². The molecular formula is C16H14N6O2S2. The van der Waals surface area contributed by atoms with Gasteiger partial charge in [0.15, 0.2) is 16.6 Å². The first kappa shape index (κ1) is 16.6. The average Bonchev–Trinajstić information content (AvgIpc) is 3.29. The van der Waals surface area contributed by atoms with Crippen LogP contribution in [0.5, 0.6) is 0 Å². The van der Waals surface area contributed by atoms with Crippen molar-refractivity contribution in [3.8, 4) is 0 Å². The fourth-order valence-electron chi connectivity index (χ4n) is 2.55. The van der Waals surface area contributed by atoms with E-state index in [0.717, 1.165) is 11.3 Å². The molecule has 10 heteroatoms. The van der Waals surface area contributed by atoms with Crippen molar-refractivity contribution in [3.05, 3.63) is 53.5 Å². The summed E-state index contributed by atoms with van der Waals surface area (Å²) < 4.78 is 0. The molecule has 1 aromatic carbocycles. The number of amides is 2. The third-order valence-corrected chi connectivity index (χ3v) is 5.27. The lowest BCUT2D eigenvalue weighted by Gasteiger charge is -2.32. The van der Waals surface area contributed by atoms with Crippen molar-refractivity contribution in [2.24, 2.45) is 5.10 Å². The summed E-state index contributed by atoms with van der Waals surface area (Å²) in [5.74, 6) is -0.178. The zero-order chi connectivity index (χ0) is 17.9.